The third kappa shape index (κ3) is 1.76. The van der Waals surface area contributed by atoms with Crippen LogP contribution in [-0.2, 0) is 5.41 Å². The second-order valence-electron chi connectivity index (χ2n) is 4.72. The Kier molecular flexibility index (Phi) is 2.18. The van der Waals surface area contributed by atoms with E-state index in [1.54, 1.807) is 10.7 Å². The molecule has 2 aromatic heterocycles. The maximum Gasteiger partial charge on any atom is 0.356 e. The SMILES string of the molecule is CC(C)(C)c1cc2nc(C(=O)O)cn2cn1. The molecule has 2 aromatic rings. The lowest BCUT2D eigenvalue weighted by atomic mass is 9.92. The number of carboxylic acids is 1. The molecule has 1 N–H and O–H groups in total. The van der Waals surface area contributed by atoms with Crippen molar-refractivity contribution in [1.82, 2.24) is 14.4 Å². The average molecular weight is 219 g/mol. The fourth-order valence-electron chi connectivity index (χ4n) is 1.40. The van der Waals surface area contributed by atoms with Gasteiger partial charge in [0.15, 0.2) is 5.69 Å². The first-order valence-electron chi connectivity index (χ1n) is 4.96. The molecule has 0 aromatic carbocycles. The number of imidazole rings is 1. The van der Waals surface area contributed by atoms with Crippen molar-refractivity contribution in [1.29, 1.82) is 0 Å². The fraction of sp³-hybridized carbons (Fsp3) is 0.364. The van der Waals surface area contributed by atoms with Gasteiger partial charge in [-0.3, -0.25) is 4.40 Å². The molecule has 5 heteroatoms. The zero-order chi connectivity index (χ0) is 11.9. The summed E-state index contributed by atoms with van der Waals surface area (Å²) >= 11 is 0. The smallest absolute Gasteiger partial charge is 0.356 e. The van der Waals surface area contributed by atoms with E-state index in [1.165, 1.54) is 6.20 Å². The van der Waals surface area contributed by atoms with Crippen LogP contribution in [0.2, 0.25) is 0 Å². The number of fused-ring (bicyclic) bond motifs is 1. The monoisotopic (exact) mass is 219 g/mol. The molecule has 0 aliphatic rings. The third-order valence-corrected chi connectivity index (χ3v) is 2.34. The summed E-state index contributed by atoms with van der Waals surface area (Å²) in [6.45, 7) is 6.15. The minimum Gasteiger partial charge on any atom is -0.476 e. The van der Waals surface area contributed by atoms with Crippen LogP contribution in [0.15, 0.2) is 18.6 Å². The molecular weight excluding hydrogens is 206 g/mol. The van der Waals surface area contributed by atoms with Crippen LogP contribution in [0.1, 0.15) is 37.0 Å². The topological polar surface area (TPSA) is 67.5 Å². The molecule has 2 rings (SSSR count). The molecule has 0 bridgehead atoms. The Bertz CT molecular complexity index is 552. The van der Waals surface area contributed by atoms with E-state index in [0.29, 0.717) is 5.65 Å². The Hall–Kier alpha value is -1.91. The van der Waals surface area contributed by atoms with Crippen molar-refractivity contribution in [3.63, 3.8) is 0 Å². The van der Waals surface area contributed by atoms with Crippen molar-refractivity contribution in [3.05, 3.63) is 30.0 Å². The van der Waals surface area contributed by atoms with Crippen molar-refractivity contribution in [2.45, 2.75) is 26.2 Å². The Morgan fingerprint density at radius 1 is 1.44 bits per heavy atom. The van der Waals surface area contributed by atoms with Crippen molar-refractivity contribution in [2.75, 3.05) is 0 Å². The molecule has 0 saturated heterocycles. The van der Waals surface area contributed by atoms with Gasteiger partial charge in [0.1, 0.15) is 12.0 Å². The van der Waals surface area contributed by atoms with Crippen LogP contribution < -0.4 is 0 Å². The van der Waals surface area contributed by atoms with Crippen LogP contribution in [0, 0.1) is 0 Å². The summed E-state index contributed by atoms with van der Waals surface area (Å²) in [4.78, 5) is 19.0. The predicted molar refractivity (Wildman–Crippen MR) is 58.6 cm³/mol. The summed E-state index contributed by atoms with van der Waals surface area (Å²) in [5.74, 6) is -1.03. The summed E-state index contributed by atoms with van der Waals surface area (Å²) in [7, 11) is 0. The van der Waals surface area contributed by atoms with E-state index >= 15 is 0 Å². The number of carbonyl (C=O) groups is 1. The highest BCUT2D eigenvalue weighted by atomic mass is 16.4. The highest BCUT2D eigenvalue weighted by molar-refractivity contribution is 5.86. The number of hydrogen-bond acceptors (Lipinski definition) is 3. The molecule has 0 spiro atoms. The quantitative estimate of drug-likeness (QED) is 0.793. The molecule has 84 valence electrons. The van der Waals surface area contributed by atoms with Crippen molar-refractivity contribution in [3.8, 4) is 0 Å². The third-order valence-electron chi connectivity index (χ3n) is 2.34. The molecular formula is C11H13N3O2. The van der Waals surface area contributed by atoms with Crippen molar-refractivity contribution >= 4 is 11.6 Å². The van der Waals surface area contributed by atoms with Gasteiger partial charge in [-0.25, -0.2) is 14.8 Å². The zero-order valence-electron chi connectivity index (χ0n) is 9.43. The summed E-state index contributed by atoms with van der Waals surface area (Å²) in [5, 5.41) is 8.82. The average Bonchev–Trinajstić information content (AvgIpc) is 2.58. The zero-order valence-corrected chi connectivity index (χ0v) is 9.43. The Morgan fingerprint density at radius 3 is 2.69 bits per heavy atom. The molecule has 0 radical (unpaired) electrons. The molecule has 0 unspecified atom stereocenters. The Morgan fingerprint density at radius 2 is 2.12 bits per heavy atom. The lowest BCUT2D eigenvalue weighted by molar-refractivity contribution is 0.0691. The predicted octanol–water partition coefficient (Wildman–Crippen LogP) is 1.72. The lowest BCUT2D eigenvalue weighted by Crippen LogP contribution is -2.13. The number of hydrogen-bond donors (Lipinski definition) is 1. The highest BCUT2D eigenvalue weighted by Crippen LogP contribution is 2.20. The summed E-state index contributed by atoms with van der Waals surface area (Å²) < 4.78 is 1.61. The maximum atomic E-state index is 10.8. The molecule has 16 heavy (non-hydrogen) atoms. The standard InChI is InChI=1S/C11H13N3O2/c1-11(2,3)8-4-9-13-7(10(15)16)5-14(9)6-12-8/h4-6H,1-3H3,(H,15,16). The number of carboxylic acid groups (broad SMARTS) is 1. The van der Waals surface area contributed by atoms with E-state index in [4.69, 9.17) is 5.11 Å². The van der Waals surface area contributed by atoms with Crippen LogP contribution in [0.25, 0.3) is 5.65 Å². The molecule has 0 fully saturated rings. The van der Waals surface area contributed by atoms with Gasteiger partial charge in [-0.1, -0.05) is 20.8 Å². The molecule has 0 atom stereocenters. The molecule has 0 saturated carbocycles. The summed E-state index contributed by atoms with van der Waals surface area (Å²) in [5.41, 5.74) is 1.46. The van der Waals surface area contributed by atoms with E-state index in [-0.39, 0.29) is 11.1 Å². The van der Waals surface area contributed by atoms with E-state index < -0.39 is 5.97 Å². The first-order chi connectivity index (χ1) is 7.38. The van der Waals surface area contributed by atoms with Crippen LogP contribution in [-0.4, -0.2) is 25.4 Å². The van der Waals surface area contributed by atoms with Gasteiger partial charge in [0.2, 0.25) is 0 Å². The molecule has 2 heterocycles. The molecule has 0 aliphatic carbocycles. The molecule has 5 nitrogen and oxygen atoms in total. The van der Waals surface area contributed by atoms with Gasteiger partial charge in [0.25, 0.3) is 0 Å². The first kappa shape index (κ1) is 10.6. The van der Waals surface area contributed by atoms with Crippen molar-refractivity contribution < 1.29 is 9.90 Å². The Labute approximate surface area is 92.8 Å². The van der Waals surface area contributed by atoms with Gasteiger partial charge in [-0.05, 0) is 0 Å². The normalized spacial score (nSPS) is 11.9. The minimum absolute atomic E-state index is 0.0351. The second kappa shape index (κ2) is 3.30. The van der Waals surface area contributed by atoms with Gasteiger partial charge < -0.3 is 5.11 Å². The molecule has 0 aliphatic heterocycles. The number of nitrogens with zero attached hydrogens (tertiary/aromatic N) is 3. The van der Waals surface area contributed by atoms with Crippen LogP contribution in [0.4, 0.5) is 0 Å². The number of aromatic carboxylic acids is 1. The fourth-order valence-corrected chi connectivity index (χ4v) is 1.40. The maximum absolute atomic E-state index is 10.8. The van der Waals surface area contributed by atoms with Crippen molar-refractivity contribution in [2.24, 2.45) is 0 Å². The number of rotatable bonds is 1. The summed E-state index contributed by atoms with van der Waals surface area (Å²) in [6.07, 6.45) is 3.05. The van der Waals surface area contributed by atoms with Gasteiger partial charge in [-0.15, -0.1) is 0 Å². The minimum atomic E-state index is -1.03. The van der Waals surface area contributed by atoms with E-state index in [2.05, 4.69) is 9.97 Å². The van der Waals surface area contributed by atoms with Gasteiger partial charge in [0, 0.05) is 17.7 Å². The highest BCUT2D eigenvalue weighted by Gasteiger charge is 2.17. The van der Waals surface area contributed by atoms with Crippen LogP contribution in [0.3, 0.4) is 0 Å². The van der Waals surface area contributed by atoms with E-state index in [0.717, 1.165) is 5.69 Å². The van der Waals surface area contributed by atoms with Gasteiger partial charge in [0.05, 0.1) is 5.69 Å². The lowest BCUT2D eigenvalue weighted by Gasteiger charge is -2.16. The second-order valence-corrected chi connectivity index (χ2v) is 4.72. The number of aromatic nitrogens is 3. The van der Waals surface area contributed by atoms with Gasteiger partial charge in [-0.2, -0.15) is 0 Å². The first-order valence-corrected chi connectivity index (χ1v) is 4.96. The largest absolute Gasteiger partial charge is 0.476 e. The molecule has 0 amide bonds. The van der Waals surface area contributed by atoms with E-state index in [9.17, 15) is 4.79 Å². The van der Waals surface area contributed by atoms with E-state index in [1.807, 2.05) is 26.8 Å². The Balaban J connectivity index is 2.58. The van der Waals surface area contributed by atoms with Crippen LogP contribution in [0.5, 0.6) is 0 Å². The van der Waals surface area contributed by atoms with Gasteiger partial charge >= 0.3 is 5.97 Å². The summed E-state index contributed by atoms with van der Waals surface area (Å²) in [6, 6.07) is 1.81. The van der Waals surface area contributed by atoms with Crippen LogP contribution >= 0.6 is 0 Å².